The number of imidazole rings is 1. The van der Waals surface area contributed by atoms with Gasteiger partial charge in [-0.25, -0.2) is 9.97 Å². The minimum absolute atomic E-state index is 0.0494. The van der Waals surface area contributed by atoms with Crippen LogP contribution in [-0.2, 0) is 13.0 Å². The Kier molecular flexibility index (Phi) is 6.88. The van der Waals surface area contributed by atoms with Crippen LogP contribution in [0.15, 0.2) is 54.7 Å². The van der Waals surface area contributed by atoms with Gasteiger partial charge in [-0.2, -0.15) is 0 Å². The molecular formula is C25H24ClN5O3. The first-order valence-electron chi connectivity index (χ1n) is 11.0. The lowest BCUT2D eigenvalue weighted by atomic mass is 10.2. The van der Waals surface area contributed by atoms with Crippen LogP contribution in [-0.4, -0.2) is 25.4 Å². The van der Waals surface area contributed by atoms with Gasteiger partial charge in [0.25, 0.3) is 11.6 Å². The first-order valence-corrected chi connectivity index (χ1v) is 11.4. The third kappa shape index (κ3) is 4.92. The number of hydrogen-bond donors (Lipinski definition) is 1. The maximum Gasteiger partial charge on any atom is 0.269 e. The Morgan fingerprint density at radius 1 is 1.21 bits per heavy atom. The summed E-state index contributed by atoms with van der Waals surface area (Å²) in [4.78, 5) is 33.0. The van der Waals surface area contributed by atoms with E-state index in [-0.39, 0.29) is 11.6 Å². The van der Waals surface area contributed by atoms with Crippen LogP contribution in [0.3, 0.4) is 0 Å². The zero-order valence-corrected chi connectivity index (χ0v) is 19.7. The van der Waals surface area contributed by atoms with Gasteiger partial charge in [0.15, 0.2) is 5.65 Å². The number of fused-ring (bicyclic) bond motifs is 1. The lowest BCUT2D eigenvalue weighted by molar-refractivity contribution is -0.384. The summed E-state index contributed by atoms with van der Waals surface area (Å²) in [6.07, 6.45) is 4.35. The number of nitrogens with zero attached hydrogens (tertiary/aromatic N) is 4. The molecule has 0 saturated heterocycles. The van der Waals surface area contributed by atoms with Gasteiger partial charge in [0.1, 0.15) is 11.3 Å². The number of carbonyl (C=O) groups excluding carboxylic acids is 1. The van der Waals surface area contributed by atoms with Gasteiger partial charge in [0.05, 0.1) is 23.4 Å². The van der Waals surface area contributed by atoms with Crippen molar-refractivity contribution in [2.24, 2.45) is 0 Å². The zero-order valence-electron chi connectivity index (χ0n) is 18.9. The number of hydrogen-bond acceptors (Lipinski definition) is 5. The van der Waals surface area contributed by atoms with Crippen molar-refractivity contribution in [1.82, 2.24) is 14.5 Å². The smallest absolute Gasteiger partial charge is 0.269 e. The highest BCUT2D eigenvalue weighted by atomic mass is 35.5. The molecular weight excluding hydrogens is 454 g/mol. The predicted molar refractivity (Wildman–Crippen MR) is 132 cm³/mol. The molecule has 0 atom stereocenters. The molecule has 0 unspecified atom stereocenters. The van der Waals surface area contributed by atoms with E-state index in [2.05, 4.69) is 17.2 Å². The molecule has 2 aromatic heterocycles. The van der Waals surface area contributed by atoms with E-state index in [1.165, 1.54) is 6.07 Å². The lowest BCUT2D eigenvalue weighted by Gasteiger charge is -2.11. The number of benzene rings is 2. The molecule has 8 nitrogen and oxygen atoms in total. The molecule has 4 aromatic rings. The minimum atomic E-state index is -0.397. The van der Waals surface area contributed by atoms with E-state index in [0.29, 0.717) is 34.0 Å². The SMILES string of the molecule is CCCCc1nc2c(C)c(NC(=O)c3ccc(Cl)cc3)cnc2n1Cc1cccc([N+](=O)[O-])c1. The van der Waals surface area contributed by atoms with Crippen LogP contribution in [0.1, 0.15) is 47.1 Å². The number of amides is 1. The molecule has 0 radical (unpaired) electrons. The Morgan fingerprint density at radius 3 is 2.68 bits per heavy atom. The fraction of sp³-hybridized carbons (Fsp3) is 0.240. The highest BCUT2D eigenvalue weighted by Gasteiger charge is 2.18. The number of nitro groups is 1. The van der Waals surface area contributed by atoms with Crippen LogP contribution in [0.2, 0.25) is 5.02 Å². The Labute approximate surface area is 201 Å². The second-order valence-electron chi connectivity index (χ2n) is 8.07. The summed E-state index contributed by atoms with van der Waals surface area (Å²) in [5, 5.41) is 14.7. The first-order chi connectivity index (χ1) is 16.4. The molecule has 1 amide bonds. The second-order valence-corrected chi connectivity index (χ2v) is 8.51. The third-order valence-corrected chi connectivity index (χ3v) is 5.92. The topological polar surface area (TPSA) is 103 Å². The number of non-ortho nitro benzene ring substituents is 1. The molecule has 0 aliphatic carbocycles. The number of carbonyl (C=O) groups is 1. The van der Waals surface area contributed by atoms with Crippen molar-refractivity contribution in [1.29, 1.82) is 0 Å². The molecule has 9 heteroatoms. The molecule has 0 aliphatic rings. The van der Waals surface area contributed by atoms with Gasteiger partial charge < -0.3 is 9.88 Å². The maximum absolute atomic E-state index is 12.7. The largest absolute Gasteiger partial charge is 0.320 e. The van der Waals surface area contributed by atoms with E-state index in [1.54, 1.807) is 42.6 Å². The number of unbranched alkanes of at least 4 members (excludes halogenated alkanes) is 1. The number of rotatable bonds is 8. The van der Waals surface area contributed by atoms with Crippen molar-refractivity contribution in [2.75, 3.05) is 5.32 Å². The molecule has 2 heterocycles. The van der Waals surface area contributed by atoms with Gasteiger partial charge in [0, 0.05) is 34.7 Å². The van der Waals surface area contributed by atoms with E-state index in [9.17, 15) is 14.9 Å². The average Bonchev–Trinajstić information content (AvgIpc) is 3.18. The number of pyridine rings is 1. The average molecular weight is 478 g/mol. The molecule has 174 valence electrons. The summed E-state index contributed by atoms with van der Waals surface area (Å²) in [7, 11) is 0. The van der Waals surface area contributed by atoms with Crippen molar-refractivity contribution >= 4 is 40.0 Å². The summed E-state index contributed by atoms with van der Waals surface area (Å²) < 4.78 is 2.00. The van der Waals surface area contributed by atoms with E-state index < -0.39 is 4.92 Å². The van der Waals surface area contributed by atoms with Crippen LogP contribution in [0, 0.1) is 17.0 Å². The number of halogens is 1. The number of aromatic nitrogens is 3. The highest BCUT2D eigenvalue weighted by Crippen LogP contribution is 2.27. The van der Waals surface area contributed by atoms with Gasteiger partial charge in [-0.3, -0.25) is 14.9 Å². The Bertz CT molecular complexity index is 1370. The molecule has 2 aromatic carbocycles. The summed E-state index contributed by atoms with van der Waals surface area (Å²) in [6, 6.07) is 13.2. The molecule has 0 saturated carbocycles. The Balaban J connectivity index is 1.70. The zero-order chi connectivity index (χ0) is 24.2. The van der Waals surface area contributed by atoms with Crippen molar-refractivity contribution in [3.63, 3.8) is 0 Å². The van der Waals surface area contributed by atoms with Crippen LogP contribution < -0.4 is 5.32 Å². The number of anilines is 1. The Hall–Kier alpha value is -3.78. The maximum atomic E-state index is 12.7. The van der Waals surface area contributed by atoms with Gasteiger partial charge >= 0.3 is 0 Å². The van der Waals surface area contributed by atoms with Crippen molar-refractivity contribution in [3.8, 4) is 0 Å². The summed E-state index contributed by atoms with van der Waals surface area (Å²) in [6.45, 7) is 4.43. The van der Waals surface area contributed by atoms with Gasteiger partial charge in [-0.1, -0.05) is 37.1 Å². The standard InChI is InChI=1S/C25H24ClN5O3/c1-3-4-8-22-29-23-16(2)21(28-25(32)18-9-11-19(26)12-10-18)14-27-24(23)30(22)15-17-6-5-7-20(13-17)31(33)34/h5-7,9-14H,3-4,8,15H2,1-2H3,(H,28,32). The normalized spacial score (nSPS) is 11.0. The predicted octanol–water partition coefficient (Wildman–Crippen LogP) is 5.94. The minimum Gasteiger partial charge on any atom is -0.320 e. The van der Waals surface area contributed by atoms with Crippen LogP contribution in [0.25, 0.3) is 11.2 Å². The quantitative estimate of drug-likeness (QED) is 0.249. The van der Waals surface area contributed by atoms with E-state index >= 15 is 0 Å². The molecule has 1 N–H and O–H groups in total. The Morgan fingerprint density at radius 2 is 1.97 bits per heavy atom. The van der Waals surface area contributed by atoms with E-state index in [0.717, 1.165) is 36.2 Å². The van der Waals surface area contributed by atoms with Gasteiger partial charge in [-0.15, -0.1) is 0 Å². The molecule has 34 heavy (non-hydrogen) atoms. The monoisotopic (exact) mass is 477 g/mol. The fourth-order valence-electron chi connectivity index (χ4n) is 3.79. The van der Waals surface area contributed by atoms with Crippen LogP contribution in [0.4, 0.5) is 11.4 Å². The molecule has 0 fully saturated rings. The van der Waals surface area contributed by atoms with Gasteiger partial charge in [0.2, 0.25) is 0 Å². The molecule has 0 bridgehead atoms. The summed E-state index contributed by atoms with van der Waals surface area (Å²) in [5.74, 6) is 0.600. The second kappa shape index (κ2) is 10.0. The fourth-order valence-corrected chi connectivity index (χ4v) is 3.91. The van der Waals surface area contributed by atoms with Gasteiger partial charge in [-0.05, 0) is 43.2 Å². The van der Waals surface area contributed by atoms with E-state index in [4.69, 9.17) is 16.6 Å². The highest BCUT2D eigenvalue weighted by molar-refractivity contribution is 6.30. The van der Waals surface area contributed by atoms with E-state index in [1.807, 2.05) is 17.6 Å². The molecule has 4 rings (SSSR count). The van der Waals surface area contributed by atoms with Crippen molar-refractivity contribution in [3.05, 3.63) is 92.4 Å². The first kappa shape index (κ1) is 23.4. The molecule has 0 spiro atoms. The number of aryl methyl sites for hydroxylation is 2. The summed E-state index contributed by atoms with van der Waals surface area (Å²) in [5.41, 5.74) is 4.10. The number of nitrogens with one attached hydrogen (secondary N) is 1. The van der Waals surface area contributed by atoms with Crippen LogP contribution >= 0.6 is 11.6 Å². The number of nitro benzene ring substituents is 1. The van der Waals surface area contributed by atoms with Crippen molar-refractivity contribution in [2.45, 2.75) is 39.7 Å². The third-order valence-electron chi connectivity index (χ3n) is 5.67. The molecule has 0 aliphatic heterocycles. The van der Waals surface area contributed by atoms with Crippen molar-refractivity contribution < 1.29 is 9.72 Å². The summed E-state index contributed by atoms with van der Waals surface area (Å²) >= 11 is 5.92. The lowest BCUT2D eigenvalue weighted by Crippen LogP contribution is -2.13. The van der Waals surface area contributed by atoms with Crippen LogP contribution in [0.5, 0.6) is 0 Å².